The first-order chi connectivity index (χ1) is 27.6. The molecule has 0 N–H and O–H groups in total. The van der Waals surface area contributed by atoms with Crippen molar-refractivity contribution >= 4 is 43.2 Å². The van der Waals surface area contributed by atoms with Gasteiger partial charge in [-0.05, 0) is 109 Å². The van der Waals surface area contributed by atoms with E-state index in [1.807, 2.05) is 6.07 Å². The van der Waals surface area contributed by atoms with Crippen molar-refractivity contribution in [3.05, 3.63) is 161 Å². The molecule has 0 fully saturated rings. The molecule has 6 aromatic rings. The molecule has 17 heteroatoms. The summed E-state index contributed by atoms with van der Waals surface area (Å²) in [5, 5.41) is 9.57. The van der Waals surface area contributed by atoms with E-state index in [2.05, 4.69) is 0 Å². The number of halogens is 4. The van der Waals surface area contributed by atoms with Crippen molar-refractivity contribution in [2.24, 2.45) is 0 Å². The first-order valence-corrected chi connectivity index (χ1v) is 19.9. The van der Waals surface area contributed by atoms with E-state index in [-0.39, 0.29) is 59.6 Å². The van der Waals surface area contributed by atoms with E-state index in [0.717, 1.165) is 66.7 Å². The second-order valence-electron chi connectivity index (χ2n) is 12.1. The van der Waals surface area contributed by atoms with Crippen molar-refractivity contribution in [3.63, 3.8) is 0 Å². The number of nitrogens with zero attached hydrogens (tertiary/aromatic N) is 1. The number of hydrogen-bond donors (Lipinski definition) is 0. The first kappa shape index (κ1) is 41.0. The summed E-state index contributed by atoms with van der Waals surface area (Å²) in [5.74, 6) is -5.82. The SMILES string of the molecule is N#Cc1cc(OC(=O)COC(=O)Cc2cc(Cl)cc(Oc3ccc(S(=O)(=O)c4ccc(F)cc4)cc3F)c2)cc(Oc2ccc(S(=O)(=O)c3ccccc3)cc2F)c1. The number of ether oxygens (including phenoxy) is 4. The molecule has 0 aliphatic rings. The molecule has 6 rings (SSSR count). The number of hydrogen-bond acceptors (Lipinski definition) is 11. The number of rotatable bonds is 13. The van der Waals surface area contributed by atoms with E-state index in [1.165, 1.54) is 54.6 Å². The first-order valence-electron chi connectivity index (χ1n) is 16.6. The van der Waals surface area contributed by atoms with Crippen LogP contribution in [0.4, 0.5) is 13.2 Å². The number of nitriles is 1. The summed E-state index contributed by atoms with van der Waals surface area (Å²) in [7, 11) is -8.19. The van der Waals surface area contributed by atoms with Crippen LogP contribution >= 0.6 is 11.6 Å². The highest BCUT2D eigenvalue weighted by Crippen LogP contribution is 2.33. The van der Waals surface area contributed by atoms with Crippen molar-refractivity contribution in [3.8, 4) is 34.8 Å². The highest BCUT2D eigenvalue weighted by atomic mass is 35.5. The van der Waals surface area contributed by atoms with Crippen LogP contribution in [0.25, 0.3) is 0 Å². The van der Waals surface area contributed by atoms with Crippen LogP contribution in [0.3, 0.4) is 0 Å². The van der Waals surface area contributed by atoms with E-state index in [1.54, 1.807) is 6.07 Å². The summed E-state index contributed by atoms with van der Waals surface area (Å²) in [4.78, 5) is 24.2. The molecule has 0 heterocycles. The molecule has 0 saturated heterocycles. The molecule has 58 heavy (non-hydrogen) atoms. The van der Waals surface area contributed by atoms with Gasteiger partial charge in [0.15, 0.2) is 29.7 Å². The maximum atomic E-state index is 15.0. The zero-order valence-corrected chi connectivity index (χ0v) is 31.8. The van der Waals surface area contributed by atoms with Crippen LogP contribution < -0.4 is 14.2 Å². The van der Waals surface area contributed by atoms with Crippen LogP contribution in [0.5, 0.6) is 28.7 Å². The Morgan fingerprint density at radius 1 is 0.603 bits per heavy atom. The average Bonchev–Trinajstić information content (AvgIpc) is 3.18. The van der Waals surface area contributed by atoms with E-state index in [9.17, 15) is 36.1 Å². The van der Waals surface area contributed by atoms with Crippen molar-refractivity contribution in [2.75, 3.05) is 6.61 Å². The number of sulfone groups is 2. The van der Waals surface area contributed by atoms with Gasteiger partial charge in [0, 0.05) is 11.1 Å². The van der Waals surface area contributed by atoms with Crippen LogP contribution in [0.1, 0.15) is 11.1 Å². The summed E-state index contributed by atoms with van der Waals surface area (Å²) in [5.41, 5.74) is 0.184. The molecule has 0 spiro atoms. The molecule has 0 aromatic heterocycles. The van der Waals surface area contributed by atoms with Crippen molar-refractivity contribution < 1.29 is 58.5 Å². The number of carbonyl (C=O) groups is 2. The van der Waals surface area contributed by atoms with Gasteiger partial charge in [0.05, 0.1) is 37.6 Å². The second-order valence-corrected chi connectivity index (χ2v) is 16.4. The third-order valence-corrected chi connectivity index (χ3v) is 11.7. The van der Waals surface area contributed by atoms with E-state index in [0.29, 0.717) is 0 Å². The van der Waals surface area contributed by atoms with Crippen molar-refractivity contribution in [2.45, 2.75) is 26.0 Å². The zero-order chi connectivity index (χ0) is 41.6. The predicted molar refractivity (Wildman–Crippen MR) is 200 cm³/mol. The van der Waals surface area contributed by atoms with Crippen LogP contribution in [-0.4, -0.2) is 35.4 Å². The topological polar surface area (TPSA) is 163 Å². The largest absolute Gasteiger partial charge is 0.454 e. The standard InChI is InChI=1S/C41H25ClF3NO10S2/c42-27-14-25(15-29(19-27)54-38-12-11-35(22-36(38)44)58(51,52)33-8-6-28(43)7-9-33)18-40(47)53-24-41(48)56-31-17-26(23-46)16-30(20-31)55-39-13-10-34(21-37(39)45)57(49,50)32-4-2-1-3-5-32/h1-17,19-22H,18,24H2. The van der Waals surface area contributed by atoms with Crippen LogP contribution in [0.2, 0.25) is 5.02 Å². The van der Waals surface area contributed by atoms with Crippen molar-refractivity contribution in [1.82, 2.24) is 0 Å². The lowest BCUT2D eigenvalue weighted by molar-refractivity contribution is -0.153. The predicted octanol–water partition coefficient (Wildman–Crippen LogP) is 8.57. The smallest absolute Gasteiger partial charge is 0.349 e. The second kappa shape index (κ2) is 17.2. The average molecular weight is 848 g/mol. The molecular weight excluding hydrogens is 823 g/mol. The Morgan fingerprint density at radius 2 is 1.14 bits per heavy atom. The van der Waals surface area contributed by atoms with Gasteiger partial charge in [-0.3, -0.25) is 4.79 Å². The lowest BCUT2D eigenvalue weighted by Gasteiger charge is -2.12. The third-order valence-electron chi connectivity index (χ3n) is 7.93. The lowest BCUT2D eigenvalue weighted by atomic mass is 10.1. The molecule has 0 aliphatic carbocycles. The van der Waals surface area contributed by atoms with Crippen LogP contribution in [0.15, 0.2) is 147 Å². The zero-order valence-electron chi connectivity index (χ0n) is 29.4. The molecule has 294 valence electrons. The molecule has 0 amide bonds. The molecular formula is C41H25ClF3NO10S2. The number of carbonyl (C=O) groups excluding carboxylic acids is 2. The summed E-state index contributed by atoms with van der Waals surface area (Å²) in [6.07, 6.45) is -0.430. The number of benzene rings is 6. The van der Waals surface area contributed by atoms with Crippen LogP contribution in [-0.2, 0) is 40.4 Å². The minimum atomic E-state index is -4.17. The van der Waals surface area contributed by atoms with Crippen LogP contribution in [0, 0.1) is 28.8 Å². The summed E-state index contributed by atoms with van der Waals surface area (Å²) in [6, 6.07) is 26.8. The maximum absolute atomic E-state index is 15.0. The molecule has 0 unspecified atom stereocenters. The molecule has 11 nitrogen and oxygen atoms in total. The Bertz CT molecular complexity index is 2820. The molecule has 0 aliphatic heterocycles. The van der Waals surface area contributed by atoms with Gasteiger partial charge in [0.1, 0.15) is 23.1 Å². The van der Waals surface area contributed by atoms with Gasteiger partial charge in [-0.1, -0.05) is 29.8 Å². The van der Waals surface area contributed by atoms with E-state index < -0.39 is 67.0 Å². The quantitative estimate of drug-likeness (QED) is 0.0622. The molecule has 0 radical (unpaired) electrons. The fraction of sp³-hybridized carbons (Fsp3) is 0.0488. The fourth-order valence-corrected chi connectivity index (χ4v) is 8.07. The Kier molecular flexibility index (Phi) is 12.2. The Hall–Kier alpha value is -6.67. The Labute approximate surface area is 334 Å². The monoisotopic (exact) mass is 847 g/mol. The van der Waals surface area contributed by atoms with E-state index in [4.69, 9.17) is 30.5 Å². The van der Waals surface area contributed by atoms with Gasteiger partial charge in [-0.2, -0.15) is 5.26 Å². The summed E-state index contributed by atoms with van der Waals surface area (Å²) < 4.78 is 116. The van der Waals surface area contributed by atoms with Crippen molar-refractivity contribution in [1.29, 1.82) is 5.26 Å². The molecule has 6 aromatic carbocycles. The maximum Gasteiger partial charge on any atom is 0.349 e. The Morgan fingerprint density at radius 3 is 1.71 bits per heavy atom. The fourth-order valence-electron chi connectivity index (χ4n) is 5.26. The highest BCUT2D eigenvalue weighted by molar-refractivity contribution is 7.91. The minimum absolute atomic E-state index is 0.0220. The minimum Gasteiger partial charge on any atom is -0.454 e. The van der Waals surface area contributed by atoms with Gasteiger partial charge >= 0.3 is 11.9 Å². The van der Waals surface area contributed by atoms with Gasteiger partial charge < -0.3 is 18.9 Å². The summed E-state index contributed by atoms with van der Waals surface area (Å²) >= 11 is 6.18. The lowest BCUT2D eigenvalue weighted by Crippen LogP contribution is -2.19. The normalized spacial score (nSPS) is 11.3. The van der Waals surface area contributed by atoms with Gasteiger partial charge in [0.25, 0.3) is 0 Å². The summed E-state index contributed by atoms with van der Waals surface area (Å²) in [6.45, 7) is -0.875. The van der Waals surface area contributed by atoms with Gasteiger partial charge in [-0.15, -0.1) is 0 Å². The van der Waals surface area contributed by atoms with Gasteiger partial charge in [-0.25, -0.2) is 34.8 Å². The number of esters is 2. The highest BCUT2D eigenvalue weighted by Gasteiger charge is 2.22. The molecule has 0 saturated carbocycles. The Balaban J connectivity index is 1.06. The molecule has 0 atom stereocenters. The molecule has 0 bridgehead atoms. The third kappa shape index (κ3) is 9.82. The van der Waals surface area contributed by atoms with Gasteiger partial charge in [0.2, 0.25) is 19.7 Å². The van der Waals surface area contributed by atoms with E-state index >= 15 is 8.78 Å².